The SMILES string of the molecule is CC(=O)Nc1ccc(C(=O)NCc2ccccc2OC(F)F)s1. The first-order chi connectivity index (χ1) is 11.0. The van der Waals surface area contributed by atoms with Gasteiger partial charge in [0, 0.05) is 19.0 Å². The van der Waals surface area contributed by atoms with E-state index >= 15 is 0 Å². The number of carbonyl (C=O) groups excluding carboxylic acids is 2. The summed E-state index contributed by atoms with van der Waals surface area (Å²) < 4.78 is 29.1. The minimum atomic E-state index is -2.93. The number of para-hydroxylation sites is 1. The number of amides is 2. The largest absolute Gasteiger partial charge is 0.434 e. The summed E-state index contributed by atoms with van der Waals surface area (Å²) in [4.78, 5) is 23.4. The molecule has 0 atom stereocenters. The van der Waals surface area contributed by atoms with Crippen molar-refractivity contribution in [2.75, 3.05) is 5.32 Å². The third kappa shape index (κ3) is 5.03. The molecule has 0 aliphatic rings. The summed E-state index contributed by atoms with van der Waals surface area (Å²) in [5.41, 5.74) is 0.444. The third-order valence-electron chi connectivity index (χ3n) is 2.76. The molecule has 0 bridgehead atoms. The maximum Gasteiger partial charge on any atom is 0.387 e. The fourth-order valence-electron chi connectivity index (χ4n) is 1.82. The van der Waals surface area contributed by atoms with Crippen LogP contribution in [0.1, 0.15) is 22.2 Å². The maximum absolute atomic E-state index is 12.3. The predicted molar refractivity (Wildman–Crippen MR) is 82.9 cm³/mol. The van der Waals surface area contributed by atoms with Gasteiger partial charge in [-0.1, -0.05) is 18.2 Å². The van der Waals surface area contributed by atoms with E-state index in [-0.39, 0.29) is 24.1 Å². The average Bonchev–Trinajstić information content (AvgIpc) is 2.93. The van der Waals surface area contributed by atoms with Crippen molar-refractivity contribution in [2.24, 2.45) is 0 Å². The van der Waals surface area contributed by atoms with Gasteiger partial charge in [-0.25, -0.2) is 0 Å². The van der Waals surface area contributed by atoms with E-state index in [2.05, 4.69) is 15.4 Å². The molecule has 2 rings (SSSR count). The highest BCUT2D eigenvalue weighted by Crippen LogP contribution is 2.23. The lowest BCUT2D eigenvalue weighted by Crippen LogP contribution is -2.22. The Hall–Kier alpha value is -2.48. The zero-order chi connectivity index (χ0) is 16.8. The maximum atomic E-state index is 12.3. The Morgan fingerprint density at radius 2 is 1.96 bits per heavy atom. The van der Waals surface area contributed by atoms with Crippen molar-refractivity contribution in [3.05, 3.63) is 46.8 Å². The summed E-state index contributed by atoms with van der Waals surface area (Å²) >= 11 is 1.12. The van der Waals surface area contributed by atoms with E-state index < -0.39 is 6.61 Å². The molecule has 0 saturated heterocycles. The molecule has 122 valence electrons. The van der Waals surface area contributed by atoms with Gasteiger partial charge in [-0.2, -0.15) is 8.78 Å². The van der Waals surface area contributed by atoms with Gasteiger partial charge in [-0.3, -0.25) is 9.59 Å². The van der Waals surface area contributed by atoms with Crippen LogP contribution in [0.25, 0.3) is 0 Å². The van der Waals surface area contributed by atoms with Crippen molar-refractivity contribution >= 4 is 28.2 Å². The molecule has 23 heavy (non-hydrogen) atoms. The van der Waals surface area contributed by atoms with Gasteiger partial charge in [0.05, 0.1) is 9.88 Å². The molecule has 1 aromatic carbocycles. The van der Waals surface area contributed by atoms with Gasteiger partial charge in [-0.15, -0.1) is 11.3 Å². The summed E-state index contributed by atoms with van der Waals surface area (Å²) in [5, 5.41) is 5.77. The Morgan fingerprint density at radius 3 is 2.65 bits per heavy atom. The summed E-state index contributed by atoms with van der Waals surface area (Å²) in [6.07, 6.45) is 0. The highest BCUT2D eigenvalue weighted by atomic mass is 32.1. The number of alkyl halides is 2. The molecular weight excluding hydrogens is 326 g/mol. The first-order valence-electron chi connectivity index (χ1n) is 6.64. The van der Waals surface area contributed by atoms with E-state index in [1.165, 1.54) is 13.0 Å². The van der Waals surface area contributed by atoms with Crippen molar-refractivity contribution in [1.29, 1.82) is 0 Å². The highest BCUT2D eigenvalue weighted by molar-refractivity contribution is 7.18. The first kappa shape index (κ1) is 16.9. The van der Waals surface area contributed by atoms with Gasteiger partial charge in [0.15, 0.2) is 0 Å². The first-order valence-corrected chi connectivity index (χ1v) is 7.45. The Bertz CT molecular complexity index is 704. The molecule has 0 radical (unpaired) electrons. The second-order valence-electron chi connectivity index (χ2n) is 4.51. The van der Waals surface area contributed by atoms with E-state index in [0.29, 0.717) is 15.4 Å². The number of hydrogen-bond donors (Lipinski definition) is 2. The lowest BCUT2D eigenvalue weighted by molar-refractivity contribution is -0.114. The molecule has 0 spiro atoms. The second-order valence-corrected chi connectivity index (χ2v) is 5.60. The monoisotopic (exact) mass is 340 g/mol. The number of hydrogen-bond acceptors (Lipinski definition) is 4. The van der Waals surface area contributed by atoms with Crippen LogP contribution < -0.4 is 15.4 Å². The normalized spacial score (nSPS) is 10.4. The van der Waals surface area contributed by atoms with Crippen LogP contribution >= 0.6 is 11.3 Å². The number of rotatable bonds is 6. The van der Waals surface area contributed by atoms with E-state index in [0.717, 1.165) is 11.3 Å². The number of ether oxygens (including phenoxy) is 1. The van der Waals surface area contributed by atoms with Crippen LogP contribution in [0.3, 0.4) is 0 Å². The van der Waals surface area contributed by atoms with E-state index in [1.807, 2.05) is 0 Å². The third-order valence-corrected chi connectivity index (χ3v) is 3.76. The van der Waals surface area contributed by atoms with Crippen molar-refractivity contribution in [2.45, 2.75) is 20.1 Å². The van der Waals surface area contributed by atoms with Crippen molar-refractivity contribution < 1.29 is 23.1 Å². The van der Waals surface area contributed by atoms with Crippen LogP contribution in [0, 0.1) is 0 Å². The zero-order valence-electron chi connectivity index (χ0n) is 12.1. The fraction of sp³-hybridized carbons (Fsp3) is 0.200. The fourth-order valence-corrected chi connectivity index (χ4v) is 2.69. The summed E-state index contributed by atoms with van der Waals surface area (Å²) in [6.45, 7) is -1.50. The van der Waals surface area contributed by atoms with Gasteiger partial charge in [0.25, 0.3) is 5.91 Å². The minimum absolute atomic E-state index is 0.0212. The molecule has 2 amide bonds. The lowest BCUT2D eigenvalue weighted by atomic mass is 10.2. The number of thiophene rings is 1. The van der Waals surface area contributed by atoms with Gasteiger partial charge in [0.2, 0.25) is 5.91 Å². The van der Waals surface area contributed by atoms with E-state index in [9.17, 15) is 18.4 Å². The predicted octanol–water partition coefficient (Wildman–Crippen LogP) is 3.24. The molecule has 8 heteroatoms. The lowest BCUT2D eigenvalue weighted by Gasteiger charge is -2.10. The Balaban J connectivity index is 1.99. The Morgan fingerprint density at radius 1 is 1.22 bits per heavy atom. The molecule has 2 aromatic rings. The number of anilines is 1. The van der Waals surface area contributed by atoms with Crippen LogP contribution in [0.5, 0.6) is 5.75 Å². The van der Waals surface area contributed by atoms with Crippen LogP contribution in [-0.2, 0) is 11.3 Å². The van der Waals surface area contributed by atoms with Crippen LogP contribution in [0.2, 0.25) is 0 Å². The van der Waals surface area contributed by atoms with Gasteiger partial charge >= 0.3 is 6.61 Å². The van der Waals surface area contributed by atoms with Gasteiger partial charge in [0.1, 0.15) is 5.75 Å². The standard InChI is InChI=1S/C15H14F2N2O3S/c1-9(20)19-13-7-6-12(23-13)14(21)18-8-10-4-2-3-5-11(10)22-15(16)17/h2-7,15H,8H2,1H3,(H,18,21)(H,19,20). The summed E-state index contributed by atoms with van der Waals surface area (Å²) in [5.74, 6) is -0.566. The smallest absolute Gasteiger partial charge is 0.387 e. The molecule has 5 nitrogen and oxygen atoms in total. The molecule has 1 aromatic heterocycles. The zero-order valence-corrected chi connectivity index (χ0v) is 13.0. The van der Waals surface area contributed by atoms with Crippen molar-refractivity contribution in [3.63, 3.8) is 0 Å². The van der Waals surface area contributed by atoms with Crippen molar-refractivity contribution in [1.82, 2.24) is 5.32 Å². The number of halogens is 2. The molecule has 0 aliphatic heterocycles. The summed E-state index contributed by atoms with van der Waals surface area (Å²) in [6, 6.07) is 9.44. The average molecular weight is 340 g/mol. The van der Waals surface area contributed by atoms with Crippen LogP contribution in [-0.4, -0.2) is 18.4 Å². The topological polar surface area (TPSA) is 67.4 Å². The molecular formula is C15H14F2N2O3S. The number of benzene rings is 1. The molecule has 0 aliphatic carbocycles. The Labute approximate surface area is 135 Å². The Kier molecular flexibility index (Phi) is 5.64. The molecule has 0 saturated carbocycles. The van der Waals surface area contributed by atoms with Crippen LogP contribution in [0.15, 0.2) is 36.4 Å². The molecule has 0 unspecified atom stereocenters. The minimum Gasteiger partial charge on any atom is -0.434 e. The van der Waals surface area contributed by atoms with Gasteiger partial charge < -0.3 is 15.4 Å². The second kappa shape index (κ2) is 7.68. The highest BCUT2D eigenvalue weighted by Gasteiger charge is 2.12. The number of carbonyl (C=O) groups is 2. The molecule has 2 N–H and O–H groups in total. The van der Waals surface area contributed by atoms with Crippen molar-refractivity contribution in [3.8, 4) is 5.75 Å². The van der Waals surface area contributed by atoms with Crippen LogP contribution in [0.4, 0.5) is 13.8 Å². The van der Waals surface area contributed by atoms with E-state index in [4.69, 9.17) is 0 Å². The quantitative estimate of drug-likeness (QED) is 0.848. The molecule has 1 heterocycles. The van der Waals surface area contributed by atoms with E-state index in [1.54, 1.807) is 30.3 Å². The number of nitrogens with one attached hydrogen (secondary N) is 2. The molecule has 0 fully saturated rings. The van der Waals surface area contributed by atoms with Gasteiger partial charge in [-0.05, 0) is 18.2 Å². The summed E-state index contributed by atoms with van der Waals surface area (Å²) in [7, 11) is 0.